The second-order valence-electron chi connectivity index (χ2n) is 19.1. The number of benzene rings is 7. The Kier molecular flexibility index (Phi) is 13.5. The van der Waals surface area contributed by atoms with Crippen molar-refractivity contribution in [1.29, 1.82) is 0 Å². The third-order valence-electron chi connectivity index (χ3n) is 13.3. The van der Waals surface area contributed by atoms with Gasteiger partial charge in [0.15, 0.2) is 0 Å². The molecule has 0 atom stereocenters. The Morgan fingerprint density at radius 1 is 0.521 bits per heavy atom. The first-order valence-electron chi connectivity index (χ1n) is 24.3. The summed E-state index contributed by atoms with van der Waals surface area (Å²) in [6.45, 7) is 13.0. The Morgan fingerprint density at radius 3 is 1.84 bits per heavy atom. The second-order valence-corrected chi connectivity index (χ2v) is 19.1. The van der Waals surface area contributed by atoms with Crippen molar-refractivity contribution in [1.82, 2.24) is 15.0 Å². The summed E-state index contributed by atoms with van der Waals surface area (Å²) in [6, 6.07) is 59.9. The van der Waals surface area contributed by atoms with Gasteiger partial charge in [0.1, 0.15) is 22.5 Å². The molecule has 0 unspecified atom stereocenters. The Labute approximate surface area is 437 Å². The summed E-state index contributed by atoms with van der Waals surface area (Å²) in [7, 11) is 0. The standard InChI is InChI=1S/C35H31FNO.C30H19N2O2.Ir/c1-22(2)30-18-26(24-10-6-5-7-11-24)19-31(23(3)4)35(30)27-20-32(25-14-16-28(36)17-15-25)37-33(21-27)29-12-8-9-13-34(29)38;1-17-7-9-31-25(11-17)19-13-23-22-16-28-21(20-5-3-4-6-27(20)33-28)15-29(22)34-30(23)24(14-19)26-12-18(2)8-10-32-26;/h5-14,16-23,38H,1-4H3;3-13,15-16H,1-2H3;/q2*-1;. The molecule has 0 saturated heterocycles. The summed E-state index contributed by atoms with van der Waals surface area (Å²) in [4.78, 5) is 14.1. The van der Waals surface area contributed by atoms with E-state index < -0.39 is 0 Å². The van der Waals surface area contributed by atoms with Crippen LogP contribution in [0.2, 0.25) is 0 Å². The topological polar surface area (TPSA) is 85.2 Å². The summed E-state index contributed by atoms with van der Waals surface area (Å²) in [6.07, 6.45) is 3.66. The van der Waals surface area contributed by atoms with Crippen molar-refractivity contribution in [3.05, 3.63) is 216 Å². The molecule has 73 heavy (non-hydrogen) atoms. The third kappa shape index (κ3) is 9.60. The molecule has 8 heteroatoms. The van der Waals surface area contributed by atoms with Crippen LogP contribution in [-0.4, -0.2) is 20.1 Å². The van der Waals surface area contributed by atoms with Crippen molar-refractivity contribution in [3.8, 4) is 73.0 Å². The molecule has 1 radical (unpaired) electrons. The second kappa shape index (κ2) is 20.2. The van der Waals surface area contributed by atoms with Crippen LogP contribution in [0.1, 0.15) is 61.8 Å². The Morgan fingerprint density at radius 2 is 1.15 bits per heavy atom. The van der Waals surface area contributed by atoms with E-state index in [0.717, 1.165) is 83.1 Å². The summed E-state index contributed by atoms with van der Waals surface area (Å²) in [5.41, 5.74) is 18.8. The molecule has 12 aromatic rings. The van der Waals surface area contributed by atoms with Crippen LogP contribution in [0.3, 0.4) is 0 Å². The Hall–Kier alpha value is -8.03. The average molecular weight is 1130 g/mol. The minimum Gasteiger partial charge on any atom is -0.507 e. The van der Waals surface area contributed by atoms with Gasteiger partial charge in [0.25, 0.3) is 0 Å². The molecule has 0 saturated carbocycles. The van der Waals surface area contributed by atoms with Gasteiger partial charge in [-0.3, -0.25) is 19.3 Å². The van der Waals surface area contributed by atoms with Crippen molar-refractivity contribution < 1.29 is 38.4 Å². The molecule has 0 aliphatic heterocycles. The van der Waals surface area contributed by atoms with Crippen LogP contribution in [0.5, 0.6) is 5.75 Å². The first-order chi connectivity index (χ1) is 34.9. The van der Waals surface area contributed by atoms with Gasteiger partial charge in [-0.25, -0.2) is 0 Å². The first-order valence-corrected chi connectivity index (χ1v) is 24.3. The van der Waals surface area contributed by atoms with Crippen LogP contribution in [0.4, 0.5) is 4.39 Å². The van der Waals surface area contributed by atoms with Crippen LogP contribution in [0, 0.1) is 31.8 Å². The monoisotopic (exact) mass is 1130 g/mol. The molecule has 12 rings (SSSR count). The van der Waals surface area contributed by atoms with Crippen LogP contribution in [0.15, 0.2) is 185 Å². The van der Waals surface area contributed by atoms with Gasteiger partial charge in [0.05, 0.1) is 11.3 Å². The maximum atomic E-state index is 13.7. The minimum atomic E-state index is -0.341. The molecule has 7 aromatic carbocycles. The SMILES string of the molecule is CC(C)c1cc(-c2ccccc2)cc(C(C)C)c1-c1cc(-c2[c-]cc(F)cc2)nc(-c2ccccc2O)c1.Cc1ccnc(-c2[c-]c(-c3cc(C)ccn3)c3oc4cc5c(cc4c3c2)oc2ccccc25)c1.[Ir]. The number of pyridine rings is 3. The van der Waals surface area contributed by atoms with Crippen LogP contribution in [0.25, 0.3) is 111 Å². The summed E-state index contributed by atoms with van der Waals surface area (Å²) in [5.74, 6) is 0.368. The molecule has 5 aromatic heterocycles. The maximum absolute atomic E-state index is 13.7. The van der Waals surface area contributed by atoms with E-state index in [1.54, 1.807) is 18.2 Å². The normalized spacial score (nSPS) is 11.4. The van der Waals surface area contributed by atoms with Gasteiger partial charge in [-0.2, -0.15) is 0 Å². The number of halogens is 1. The molecule has 0 aliphatic carbocycles. The molecule has 5 heterocycles. The maximum Gasteiger partial charge on any atom is 0.136 e. The van der Waals surface area contributed by atoms with E-state index in [0.29, 0.717) is 22.5 Å². The molecule has 6 nitrogen and oxygen atoms in total. The molecule has 361 valence electrons. The number of fused-ring (bicyclic) bond motifs is 6. The van der Waals surface area contributed by atoms with Crippen LogP contribution in [-0.2, 0) is 20.1 Å². The number of hydrogen-bond acceptors (Lipinski definition) is 6. The fourth-order valence-electron chi connectivity index (χ4n) is 9.64. The number of aromatic nitrogens is 3. The number of aromatic hydroxyl groups is 1. The van der Waals surface area contributed by atoms with Gasteiger partial charge in [-0.05, 0) is 119 Å². The fraction of sp³-hybridized carbons (Fsp3) is 0.123. The summed E-state index contributed by atoms with van der Waals surface area (Å²) < 4.78 is 26.4. The first kappa shape index (κ1) is 48.6. The molecule has 0 amide bonds. The van der Waals surface area contributed by atoms with E-state index in [1.807, 2.05) is 60.9 Å². The summed E-state index contributed by atoms with van der Waals surface area (Å²) >= 11 is 0. The van der Waals surface area contributed by atoms with Crippen molar-refractivity contribution >= 4 is 43.9 Å². The van der Waals surface area contributed by atoms with Gasteiger partial charge in [0.2, 0.25) is 0 Å². The Balaban J connectivity index is 0.000000166. The van der Waals surface area contributed by atoms with E-state index in [9.17, 15) is 9.50 Å². The number of nitrogens with zero attached hydrogens (tertiary/aromatic N) is 3. The number of para-hydroxylation sites is 2. The zero-order chi connectivity index (χ0) is 49.6. The van der Waals surface area contributed by atoms with Crippen molar-refractivity contribution in [2.75, 3.05) is 0 Å². The van der Waals surface area contributed by atoms with E-state index in [4.69, 9.17) is 13.8 Å². The van der Waals surface area contributed by atoms with Crippen molar-refractivity contribution in [3.63, 3.8) is 0 Å². The van der Waals surface area contributed by atoms with Gasteiger partial charge in [0, 0.05) is 71.4 Å². The van der Waals surface area contributed by atoms with Crippen molar-refractivity contribution in [2.24, 2.45) is 0 Å². The molecular formula is C65H50FIrN3O3-2. The Bertz CT molecular complexity index is 3960. The third-order valence-corrected chi connectivity index (χ3v) is 13.3. The largest absolute Gasteiger partial charge is 0.507 e. The average Bonchev–Trinajstić information content (AvgIpc) is 3.95. The number of phenols is 1. The fourth-order valence-corrected chi connectivity index (χ4v) is 9.64. The molecule has 0 aliphatic rings. The van der Waals surface area contributed by atoms with Crippen molar-refractivity contribution in [2.45, 2.75) is 53.4 Å². The number of aryl methyl sites for hydroxylation is 2. The minimum absolute atomic E-state index is 0. The quantitative estimate of drug-likeness (QED) is 0.153. The smallest absolute Gasteiger partial charge is 0.136 e. The zero-order valence-corrected chi connectivity index (χ0v) is 43.6. The molecule has 1 N–H and O–H groups in total. The molecule has 0 bridgehead atoms. The number of furan rings is 2. The number of hydrogen-bond donors (Lipinski definition) is 1. The van der Waals surface area contributed by atoms with Gasteiger partial charge in [-0.1, -0.05) is 141 Å². The molecular weight excluding hydrogens is 1080 g/mol. The van der Waals surface area contributed by atoms with Gasteiger partial charge >= 0.3 is 0 Å². The predicted molar refractivity (Wildman–Crippen MR) is 290 cm³/mol. The molecule has 0 spiro atoms. The summed E-state index contributed by atoms with van der Waals surface area (Å²) in [5, 5.41) is 14.8. The van der Waals surface area contributed by atoms with E-state index in [2.05, 4.69) is 149 Å². The van der Waals surface area contributed by atoms with E-state index in [1.165, 1.54) is 39.9 Å². The van der Waals surface area contributed by atoms with Crippen LogP contribution < -0.4 is 0 Å². The van der Waals surface area contributed by atoms with Gasteiger partial charge < -0.3 is 13.9 Å². The molecule has 0 fully saturated rings. The number of phenolic OH excluding ortho intramolecular Hbond substituents is 1. The predicted octanol–water partition coefficient (Wildman–Crippen LogP) is 17.7. The van der Waals surface area contributed by atoms with Gasteiger partial charge in [-0.15, -0.1) is 42.0 Å². The zero-order valence-electron chi connectivity index (χ0n) is 41.2. The number of rotatable bonds is 8. The van der Waals surface area contributed by atoms with E-state index >= 15 is 0 Å². The van der Waals surface area contributed by atoms with Crippen LogP contribution >= 0.6 is 0 Å². The van der Waals surface area contributed by atoms with E-state index in [-0.39, 0.29) is 43.5 Å².